The molecule has 0 bridgehead atoms. The van der Waals surface area contributed by atoms with Crippen molar-refractivity contribution in [3.8, 4) is 0 Å². The Balaban J connectivity index is 1.62. The van der Waals surface area contributed by atoms with Crippen molar-refractivity contribution in [1.29, 1.82) is 0 Å². The largest absolute Gasteiger partial charge is 0.352 e. The van der Waals surface area contributed by atoms with Crippen LogP contribution < -0.4 is 11.1 Å². The maximum Gasteiger partial charge on any atom is 0.312 e. The highest BCUT2D eigenvalue weighted by Gasteiger charge is 2.32. The molecule has 1 atom stereocenters. The monoisotopic (exact) mass is 374 g/mol. The van der Waals surface area contributed by atoms with E-state index < -0.39 is 6.03 Å². The van der Waals surface area contributed by atoms with Gasteiger partial charge < -0.3 is 20.5 Å². The van der Waals surface area contributed by atoms with E-state index in [0.717, 1.165) is 23.4 Å². The Morgan fingerprint density at radius 3 is 2.43 bits per heavy atom. The summed E-state index contributed by atoms with van der Waals surface area (Å²) >= 11 is 0. The third-order valence-corrected chi connectivity index (χ3v) is 5.08. The van der Waals surface area contributed by atoms with Crippen LogP contribution in [0.25, 0.3) is 0 Å². The maximum atomic E-state index is 13.3. The van der Waals surface area contributed by atoms with Crippen LogP contribution in [-0.2, 0) is 13.1 Å². The average Bonchev–Trinajstić information content (AvgIpc) is 3.21. The molecule has 0 aliphatic carbocycles. The molecule has 0 radical (unpaired) electrons. The van der Waals surface area contributed by atoms with E-state index in [1.807, 2.05) is 41.3 Å². The third kappa shape index (κ3) is 3.49. The standard InChI is InChI=1S/C22H22N4O2/c23-22(28)24-15-16-8-10-18(11-9-16)21(27)26-14-13-25-12-4-7-19(25)20(26)17-5-2-1-3-6-17/h1-12,20H,13-15H2,(H3,23,24,28)/t20-/m0/s1. The van der Waals surface area contributed by atoms with Crippen molar-refractivity contribution >= 4 is 11.9 Å². The predicted octanol–water partition coefficient (Wildman–Crippen LogP) is 2.90. The third-order valence-electron chi connectivity index (χ3n) is 5.08. The second-order valence-electron chi connectivity index (χ2n) is 6.85. The quantitative estimate of drug-likeness (QED) is 0.736. The van der Waals surface area contributed by atoms with E-state index in [2.05, 4.69) is 34.3 Å². The second kappa shape index (κ2) is 7.60. The fourth-order valence-corrected chi connectivity index (χ4v) is 3.71. The van der Waals surface area contributed by atoms with Gasteiger partial charge in [0, 0.05) is 37.1 Å². The highest BCUT2D eigenvalue weighted by Crippen LogP contribution is 2.33. The Hall–Kier alpha value is -3.54. The molecule has 3 amide bonds. The van der Waals surface area contributed by atoms with Crippen molar-refractivity contribution in [3.05, 3.63) is 95.3 Å². The van der Waals surface area contributed by atoms with Gasteiger partial charge in [0.05, 0.1) is 6.04 Å². The number of urea groups is 1. The molecular weight excluding hydrogens is 352 g/mol. The average molecular weight is 374 g/mol. The minimum atomic E-state index is -0.567. The first-order chi connectivity index (χ1) is 13.6. The number of hydrogen-bond donors (Lipinski definition) is 2. The van der Waals surface area contributed by atoms with Gasteiger partial charge in [-0.25, -0.2) is 4.79 Å². The molecule has 0 saturated carbocycles. The van der Waals surface area contributed by atoms with Crippen LogP contribution in [0, 0.1) is 0 Å². The molecule has 6 nitrogen and oxygen atoms in total. The number of fused-ring (bicyclic) bond motifs is 1. The minimum absolute atomic E-state index is 0.00397. The smallest absolute Gasteiger partial charge is 0.312 e. The van der Waals surface area contributed by atoms with Crippen molar-refractivity contribution in [2.75, 3.05) is 6.54 Å². The van der Waals surface area contributed by atoms with Crippen molar-refractivity contribution < 1.29 is 9.59 Å². The van der Waals surface area contributed by atoms with E-state index in [1.165, 1.54) is 0 Å². The summed E-state index contributed by atoms with van der Waals surface area (Å²) in [5.74, 6) is -0.00397. The van der Waals surface area contributed by atoms with Crippen molar-refractivity contribution in [2.45, 2.75) is 19.1 Å². The summed E-state index contributed by atoms with van der Waals surface area (Å²) in [7, 11) is 0. The number of aromatic nitrogens is 1. The first-order valence-electron chi connectivity index (χ1n) is 9.26. The number of primary amides is 1. The van der Waals surface area contributed by atoms with Gasteiger partial charge in [0.25, 0.3) is 5.91 Å². The van der Waals surface area contributed by atoms with Crippen molar-refractivity contribution in [3.63, 3.8) is 0 Å². The number of benzene rings is 2. The summed E-state index contributed by atoms with van der Waals surface area (Å²) in [6.45, 7) is 1.76. The molecule has 4 rings (SSSR count). The van der Waals surface area contributed by atoms with Crippen molar-refractivity contribution in [2.24, 2.45) is 5.73 Å². The lowest BCUT2D eigenvalue weighted by atomic mass is 9.98. The first-order valence-corrected chi connectivity index (χ1v) is 9.26. The molecule has 142 valence electrons. The summed E-state index contributed by atoms with van der Waals surface area (Å²) < 4.78 is 2.21. The Morgan fingerprint density at radius 1 is 0.964 bits per heavy atom. The topological polar surface area (TPSA) is 80.4 Å². The Morgan fingerprint density at radius 2 is 1.71 bits per heavy atom. The van der Waals surface area contributed by atoms with Crippen LogP contribution >= 0.6 is 0 Å². The Kier molecular flexibility index (Phi) is 4.85. The van der Waals surface area contributed by atoms with E-state index in [4.69, 9.17) is 5.73 Å². The molecule has 28 heavy (non-hydrogen) atoms. The number of amides is 3. The zero-order chi connectivity index (χ0) is 19.5. The lowest BCUT2D eigenvalue weighted by Gasteiger charge is -2.37. The fraction of sp³-hybridized carbons (Fsp3) is 0.182. The van der Waals surface area contributed by atoms with Crippen LogP contribution in [-0.4, -0.2) is 28.0 Å². The Labute approximate surface area is 163 Å². The lowest BCUT2D eigenvalue weighted by Crippen LogP contribution is -2.42. The molecule has 0 unspecified atom stereocenters. The summed E-state index contributed by atoms with van der Waals surface area (Å²) in [5.41, 5.74) is 8.84. The van der Waals surface area contributed by atoms with E-state index in [9.17, 15) is 9.59 Å². The molecule has 6 heteroatoms. The van der Waals surface area contributed by atoms with Gasteiger partial charge in [0.2, 0.25) is 0 Å². The molecule has 0 fully saturated rings. The van der Waals surface area contributed by atoms with Crippen LogP contribution in [0.5, 0.6) is 0 Å². The van der Waals surface area contributed by atoms with Gasteiger partial charge in [-0.1, -0.05) is 42.5 Å². The van der Waals surface area contributed by atoms with Gasteiger partial charge in [-0.05, 0) is 35.4 Å². The zero-order valence-corrected chi connectivity index (χ0v) is 15.4. The number of carbonyl (C=O) groups is 2. The molecule has 1 aliphatic rings. The van der Waals surface area contributed by atoms with E-state index in [-0.39, 0.29) is 11.9 Å². The molecule has 2 heterocycles. The SMILES string of the molecule is NC(=O)NCc1ccc(C(=O)N2CCn3cccc3[C@@H]2c2ccccc2)cc1. The van der Waals surface area contributed by atoms with Crippen LogP contribution in [0.3, 0.4) is 0 Å². The van der Waals surface area contributed by atoms with Gasteiger partial charge in [-0.15, -0.1) is 0 Å². The summed E-state index contributed by atoms with van der Waals surface area (Å²) in [6.07, 6.45) is 2.06. The second-order valence-corrected chi connectivity index (χ2v) is 6.85. The lowest BCUT2D eigenvalue weighted by molar-refractivity contribution is 0.0664. The van der Waals surface area contributed by atoms with Gasteiger partial charge in [-0.3, -0.25) is 4.79 Å². The molecule has 2 aromatic carbocycles. The summed E-state index contributed by atoms with van der Waals surface area (Å²) in [6, 6.07) is 20.8. The molecule has 1 aromatic heterocycles. The highest BCUT2D eigenvalue weighted by atomic mass is 16.2. The molecule has 3 N–H and O–H groups in total. The highest BCUT2D eigenvalue weighted by molar-refractivity contribution is 5.95. The number of hydrogen-bond acceptors (Lipinski definition) is 2. The van der Waals surface area contributed by atoms with E-state index in [1.54, 1.807) is 12.1 Å². The number of nitrogens with two attached hydrogens (primary N) is 1. The van der Waals surface area contributed by atoms with Gasteiger partial charge >= 0.3 is 6.03 Å². The molecule has 1 aliphatic heterocycles. The van der Waals surface area contributed by atoms with Crippen molar-refractivity contribution in [1.82, 2.24) is 14.8 Å². The zero-order valence-electron chi connectivity index (χ0n) is 15.4. The molecular formula is C22H22N4O2. The van der Waals surface area contributed by atoms with Crippen LogP contribution in [0.4, 0.5) is 4.79 Å². The van der Waals surface area contributed by atoms with E-state index in [0.29, 0.717) is 18.7 Å². The van der Waals surface area contributed by atoms with Crippen LogP contribution in [0.15, 0.2) is 72.9 Å². The summed E-state index contributed by atoms with van der Waals surface area (Å²) in [4.78, 5) is 26.1. The van der Waals surface area contributed by atoms with Crippen LogP contribution in [0.1, 0.15) is 33.2 Å². The number of nitrogens with zero attached hydrogens (tertiary/aromatic N) is 2. The number of nitrogens with one attached hydrogen (secondary N) is 1. The number of carbonyl (C=O) groups excluding carboxylic acids is 2. The van der Waals surface area contributed by atoms with Crippen LogP contribution in [0.2, 0.25) is 0 Å². The Bertz CT molecular complexity index is 979. The normalized spacial score (nSPS) is 15.7. The van der Waals surface area contributed by atoms with E-state index >= 15 is 0 Å². The first kappa shape index (κ1) is 17.9. The molecule has 0 spiro atoms. The van der Waals surface area contributed by atoms with Gasteiger partial charge in [-0.2, -0.15) is 0 Å². The fourth-order valence-electron chi connectivity index (χ4n) is 3.71. The van der Waals surface area contributed by atoms with Gasteiger partial charge in [0.1, 0.15) is 0 Å². The molecule has 0 saturated heterocycles. The minimum Gasteiger partial charge on any atom is -0.352 e. The maximum absolute atomic E-state index is 13.3. The van der Waals surface area contributed by atoms with Gasteiger partial charge in [0.15, 0.2) is 0 Å². The summed E-state index contributed by atoms with van der Waals surface area (Å²) in [5, 5.41) is 2.55. The molecule has 3 aromatic rings. The predicted molar refractivity (Wildman–Crippen MR) is 107 cm³/mol. The number of rotatable bonds is 4.